The Kier molecular flexibility index (Phi) is 4.76. The maximum Gasteiger partial charge on any atom is 0.240 e. The van der Waals surface area contributed by atoms with E-state index < -0.39 is 10.0 Å². The van der Waals surface area contributed by atoms with Crippen molar-refractivity contribution in [1.29, 1.82) is 0 Å². The third-order valence-corrected chi connectivity index (χ3v) is 4.04. The highest BCUT2D eigenvalue weighted by atomic mass is 79.9. The van der Waals surface area contributed by atoms with Crippen LogP contribution in [0, 0.1) is 0 Å². The van der Waals surface area contributed by atoms with Crippen LogP contribution >= 0.6 is 31.9 Å². The standard InChI is InChI=1S/C9H11Br2NO2S/c1-2-3-12-15(13,14)9-5-7(10)4-8(11)6-9/h4-6,12H,2-3H2,1H3. The fourth-order valence-electron chi connectivity index (χ4n) is 1.00. The van der Waals surface area contributed by atoms with Crippen LogP contribution in [0.4, 0.5) is 0 Å². The van der Waals surface area contributed by atoms with Gasteiger partial charge >= 0.3 is 0 Å². The molecule has 0 fully saturated rings. The van der Waals surface area contributed by atoms with Crippen LogP contribution in [0.1, 0.15) is 13.3 Å². The molecule has 0 unspecified atom stereocenters. The summed E-state index contributed by atoms with van der Waals surface area (Å²) in [6.07, 6.45) is 0.772. The van der Waals surface area contributed by atoms with Gasteiger partial charge in [0.25, 0.3) is 0 Å². The Balaban J connectivity index is 3.04. The minimum atomic E-state index is -3.38. The molecule has 0 saturated carbocycles. The van der Waals surface area contributed by atoms with Gasteiger partial charge in [0.1, 0.15) is 0 Å². The zero-order valence-corrected chi connectivity index (χ0v) is 12.1. The van der Waals surface area contributed by atoms with Gasteiger partial charge in [-0.05, 0) is 24.6 Å². The molecular weight excluding hydrogens is 346 g/mol. The van der Waals surface area contributed by atoms with Crippen LogP contribution in [-0.2, 0) is 10.0 Å². The van der Waals surface area contributed by atoms with Crippen molar-refractivity contribution in [3.63, 3.8) is 0 Å². The number of hydrogen-bond donors (Lipinski definition) is 1. The second-order valence-corrected chi connectivity index (χ2v) is 6.60. The maximum absolute atomic E-state index is 11.7. The molecule has 0 saturated heterocycles. The van der Waals surface area contributed by atoms with Crippen molar-refractivity contribution in [2.24, 2.45) is 0 Å². The second-order valence-electron chi connectivity index (χ2n) is 3.00. The Morgan fingerprint density at radius 2 is 1.73 bits per heavy atom. The molecule has 15 heavy (non-hydrogen) atoms. The Morgan fingerprint density at radius 3 is 2.20 bits per heavy atom. The Bertz CT molecular complexity index is 425. The first-order chi connectivity index (χ1) is 6.95. The first kappa shape index (κ1) is 13.2. The molecule has 1 N–H and O–H groups in total. The van der Waals surface area contributed by atoms with Crippen molar-refractivity contribution in [3.05, 3.63) is 27.1 Å². The molecule has 0 aliphatic heterocycles. The van der Waals surface area contributed by atoms with Crippen LogP contribution in [0.5, 0.6) is 0 Å². The van der Waals surface area contributed by atoms with Crippen molar-refractivity contribution in [2.45, 2.75) is 18.2 Å². The molecular formula is C9H11Br2NO2S. The molecule has 1 rings (SSSR count). The van der Waals surface area contributed by atoms with Gasteiger partial charge in [0.05, 0.1) is 4.90 Å². The van der Waals surface area contributed by atoms with Crippen LogP contribution in [-0.4, -0.2) is 15.0 Å². The molecule has 0 bridgehead atoms. The van der Waals surface area contributed by atoms with Gasteiger partial charge in [-0.2, -0.15) is 0 Å². The molecule has 1 aromatic carbocycles. The summed E-state index contributed by atoms with van der Waals surface area (Å²) < 4.78 is 27.5. The van der Waals surface area contributed by atoms with E-state index in [1.807, 2.05) is 6.92 Å². The monoisotopic (exact) mass is 355 g/mol. The summed E-state index contributed by atoms with van der Waals surface area (Å²) in [5.74, 6) is 0. The summed E-state index contributed by atoms with van der Waals surface area (Å²) in [5.41, 5.74) is 0. The van der Waals surface area contributed by atoms with Crippen LogP contribution in [0.25, 0.3) is 0 Å². The summed E-state index contributed by atoms with van der Waals surface area (Å²) in [6, 6.07) is 4.93. The minimum Gasteiger partial charge on any atom is -0.211 e. The van der Waals surface area contributed by atoms with Crippen LogP contribution in [0.2, 0.25) is 0 Å². The molecule has 6 heteroatoms. The Hall–Kier alpha value is 0.0900. The number of hydrogen-bond acceptors (Lipinski definition) is 2. The van der Waals surface area contributed by atoms with Crippen molar-refractivity contribution >= 4 is 41.9 Å². The highest BCUT2D eigenvalue weighted by Gasteiger charge is 2.13. The van der Waals surface area contributed by atoms with Gasteiger partial charge in [-0.25, -0.2) is 13.1 Å². The molecule has 0 aliphatic carbocycles. The molecule has 0 aliphatic rings. The van der Waals surface area contributed by atoms with E-state index in [-0.39, 0.29) is 4.90 Å². The molecule has 1 aromatic rings. The average Bonchev–Trinajstić information content (AvgIpc) is 2.13. The maximum atomic E-state index is 11.7. The lowest BCUT2D eigenvalue weighted by Crippen LogP contribution is -2.24. The fraction of sp³-hybridized carbons (Fsp3) is 0.333. The highest BCUT2D eigenvalue weighted by molar-refractivity contribution is 9.11. The lowest BCUT2D eigenvalue weighted by molar-refractivity contribution is 0.580. The van der Waals surface area contributed by atoms with E-state index in [1.54, 1.807) is 18.2 Å². The molecule has 0 atom stereocenters. The van der Waals surface area contributed by atoms with Gasteiger partial charge in [0, 0.05) is 15.5 Å². The summed E-state index contributed by atoms with van der Waals surface area (Å²) in [6.45, 7) is 2.37. The van der Waals surface area contributed by atoms with Crippen LogP contribution in [0.15, 0.2) is 32.0 Å². The number of sulfonamides is 1. The Morgan fingerprint density at radius 1 is 1.20 bits per heavy atom. The zero-order chi connectivity index (χ0) is 11.5. The minimum absolute atomic E-state index is 0.261. The third kappa shape index (κ3) is 3.86. The van der Waals surface area contributed by atoms with Crippen LogP contribution < -0.4 is 4.72 Å². The van der Waals surface area contributed by atoms with Gasteiger partial charge in [0.15, 0.2) is 0 Å². The normalized spacial score (nSPS) is 11.7. The summed E-state index contributed by atoms with van der Waals surface area (Å²) in [5, 5.41) is 0. The van der Waals surface area contributed by atoms with Gasteiger partial charge in [0.2, 0.25) is 10.0 Å². The smallest absolute Gasteiger partial charge is 0.211 e. The zero-order valence-electron chi connectivity index (χ0n) is 8.13. The van der Waals surface area contributed by atoms with E-state index >= 15 is 0 Å². The second kappa shape index (κ2) is 5.43. The van der Waals surface area contributed by atoms with E-state index in [9.17, 15) is 8.42 Å². The van der Waals surface area contributed by atoms with Gasteiger partial charge in [-0.15, -0.1) is 0 Å². The molecule has 0 heterocycles. The van der Waals surface area contributed by atoms with Crippen molar-refractivity contribution in [1.82, 2.24) is 4.72 Å². The lowest BCUT2D eigenvalue weighted by atomic mass is 10.4. The summed E-state index contributed by atoms with van der Waals surface area (Å²) in [7, 11) is -3.38. The van der Waals surface area contributed by atoms with Gasteiger partial charge < -0.3 is 0 Å². The van der Waals surface area contributed by atoms with Crippen molar-refractivity contribution in [2.75, 3.05) is 6.54 Å². The average molecular weight is 357 g/mol. The fourth-order valence-corrected chi connectivity index (χ4v) is 3.80. The quantitative estimate of drug-likeness (QED) is 0.901. The highest BCUT2D eigenvalue weighted by Crippen LogP contribution is 2.22. The largest absolute Gasteiger partial charge is 0.240 e. The van der Waals surface area contributed by atoms with E-state index in [0.717, 1.165) is 15.4 Å². The topological polar surface area (TPSA) is 46.2 Å². The van der Waals surface area contributed by atoms with Crippen LogP contribution in [0.3, 0.4) is 0 Å². The molecule has 84 valence electrons. The molecule has 0 spiro atoms. The Labute approximate surface area is 107 Å². The number of benzene rings is 1. The number of nitrogens with one attached hydrogen (secondary N) is 1. The molecule has 0 radical (unpaired) electrons. The molecule has 0 aromatic heterocycles. The van der Waals surface area contributed by atoms with Crippen molar-refractivity contribution < 1.29 is 8.42 Å². The van der Waals surface area contributed by atoms with Crippen molar-refractivity contribution in [3.8, 4) is 0 Å². The van der Waals surface area contributed by atoms with Gasteiger partial charge in [-0.1, -0.05) is 38.8 Å². The van der Waals surface area contributed by atoms with E-state index in [1.165, 1.54) is 0 Å². The van der Waals surface area contributed by atoms with Gasteiger partial charge in [-0.3, -0.25) is 0 Å². The number of rotatable bonds is 4. The summed E-state index contributed by atoms with van der Waals surface area (Å²) >= 11 is 6.50. The molecule has 0 amide bonds. The van der Waals surface area contributed by atoms with E-state index in [2.05, 4.69) is 36.6 Å². The van der Waals surface area contributed by atoms with E-state index in [4.69, 9.17) is 0 Å². The predicted octanol–water partition coefficient (Wildman–Crippen LogP) is 2.90. The van der Waals surface area contributed by atoms with E-state index in [0.29, 0.717) is 6.54 Å². The first-order valence-electron chi connectivity index (χ1n) is 4.41. The summed E-state index contributed by atoms with van der Waals surface area (Å²) in [4.78, 5) is 0.261. The molecule has 3 nitrogen and oxygen atoms in total. The first-order valence-corrected chi connectivity index (χ1v) is 7.48. The predicted molar refractivity (Wildman–Crippen MR) is 67.3 cm³/mol. The number of halogens is 2. The third-order valence-electron chi connectivity index (χ3n) is 1.69. The SMILES string of the molecule is CCCNS(=O)(=O)c1cc(Br)cc(Br)c1. The lowest BCUT2D eigenvalue weighted by Gasteiger charge is -2.06.